The van der Waals surface area contributed by atoms with E-state index in [1.165, 1.54) is 27.4 Å². The Labute approximate surface area is 311 Å². The number of aromatic nitrogens is 4. The van der Waals surface area contributed by atoms with Crippen molar-refractivity contribution in [3.63, 3.8) is 0 Å². The highest BCUT2D eigenvalue weighted by molar-refractivity contribution is 6.11. The lowest BCUT2D eigenvalue weighted by Gasteiger charge is -2.23. The van der Waals surface area contributed by atoms with Crippen molar-refractivity contribution in [1.29, 1.82) is 0 Å². The Bertz CT molecular complexity index is 2950. The summed E-state index contributed by atoms with van der Waals surface area (Å²) in [6, 6.07) is 63.2. The molecule has 0 fully saturated rings. The third kappa shape index (κ3) is 4.83. The van der Waals surface area contributed by atoms with E-state index < -0.39 is 0 Å². The number of para-hydroxylation sites is 2. The highest BCUT2D eigenvalue weighted by atomic mass is 16.5. The molecule has 54 heavy (non-hydrogen) atoms. The second kappa shape index (κ2) is 12.1. The van der Waals surface area contributed by atoms with Gasteiger partial charge in [0.1, 0.15) is 11.5 Å². The predicted molar refractivity (Wildman–Crippen MR) is 219 cm³/mol. The Hall–Kier alpha value is -7.37. The molecular formula is C49H30N4O. The zero-order valence-corrected chi connectivity index (χ0v) is 29.0. The lowest BCUT2D eigenvalue weighted by molar-refractivity contribution is 0.487. The van der Waals surface area contributed by atoms with Crippen LogP contribution in [0, 0.1) is 0 Å². The number of ether oxygens (including phenoxy) is 1. The van der Waals surface area contributed by atoms with Crippen LogP contribution < -0.4 is 4.74 Å². The van der Waals surface area contributed by atoms with Crippen molar-refractivity contribution in [2.24, 2.45) is 0 Å². The summed E-state index contributed by atoms with van der Waals surface area (Å²) in [6.45, 7) is 0. The molecule has 8 aromatic carbocycles. The van der Waals surface area contributed by atoms with E-state index in [2.05, 4.69) is 126 Å². The van der Waals surface area contributed by atoms with Crippen molar-refractivity contribution in [2.75, 3.05) is 0 Å². The Kier molecular flexibility index (Phi) is 6.79. The van der Waals surface area contributed by atoms with Crippen LogP contribution in [-0.4, -0.2) is 19.5 Å². The molecule has 5 heteroatoms. The van der Waals surface area contributed by atoms with Gasteiger partial charge in [0.05, 0.1) is 11.0 Å². The monoisotopic (exact) mass is 690 g/mol. The summed E-state index contributed by atoms with van der Waals surface area (Å²) in [5.41, 5.74) is 10.8. The molecule has 0 saturated carbocycles. The van der Waals surface area contributed by atoms with Crippen molar-refractivity contribution in [1.82, 2.24) is 19.5 Å². The molecule has 10 aromatic rings. The van der Waals surface area contributed by atoms with Crippen molar-refractivity contribution in [2.45, 2.75) is 0 Å². The van der Waals surface area contributed by atoms with Crippen LogP contribution in [0.15, 0.2) is 182 Å². The smallest absolute Gasteiger partial charge is 0.164 e. The summed E-state index contributed by atoms with van der Waals surface area (Å²) in [5.74, 6) is 3.65. The van der Waals surface area contributed by atoms with Gasteiger partial charge in [0, 0.05) is 50.2 Å². The number of fused-ring (bicyclic) bond motifs is 5. The van der Waals surface area contributed by atoms with E-state index in [0.717, 1.165) is 61.3 Å². The fourth-order valence-corrected chi connectivity index (χ4v) is 7.95. The van der Waals surface area contributed by atoms with Crippen LogP contribution in [0.5, 0.6) is 11.5 Å². The maximum absolute atomic E-state index is 6.74. The van der Waals surface area contributed by atoms with E-state index in [1.54, 1.807) is 0 Å². The Morgan fingerprint density at radius 3 is 1.50 bits per heavy atom. The topological polar surface area (TPSA) is 52.8 Å². The number of benzene rings is 8. The van der Waals surface area contributed by atoms with Gasteiger partial charge in [0.25, 0.3) is 0 Å². The molecule has 1 aliphatic rings. The van der Waals surface area contributed by atoms with Crippen LogP contribution in [0.2, 0.25) is 0 Å². The molecule has 252 valence electrons. The first kappa shape index (κ1) is 30.3. The quantitative estimate of drug-likeness (QED) is 0.180. The average molecular weight is 691 g/mol. The van der Waals surface area contributed by atoms with Gasteiger partial charge >= 0.3 is 0 Å². The van der Waals surface area contributed by atoms with E-state index in [1.807, 2.05) is 60.7 Å². The maximum Gasteiger partial charge on any atom is 0.164 e. The summed E-state index contributed by atoms with van der Waals surface area (Å²) in [4.78, 5) is 14.7. The molecule has 0 spiro atoms. The SMILES string of the molecule is c1ccc(-c2nc(-c3ccccc3)nc(-c3ccc(-c4ccc5c6c(cccc46)-c4ccc(-n6c7ccccc7c7ccccc76)cc4O5)cc3)n2)cc1. The third-order valence-electron chi connectivity index (χ3n) is 10.5. The van der Waals surface area contributed by atoms with Crippen molar-refractivity contribution in [3.05, 3.63) is 182 Å². The summed E-state index contributed by atoms with van der Waals surface area (Å²) in [7, 11) is 0. The van der Waals surface area contributed by atoms with E-state index >= 15 is 0 Å². The first-order valence-electron chi connectivity index (χ1n) is 18.1. The van der Waals surface area contributed by atoms with Crippen molar-refractivity contribution < 1.29 is 4.74 Å². The zero-order valence-electron chi connectivity index (χ0n) is 29.0. The van der Waals surface area contributed by atoms with Crippen LogP contribution in [-0.2, 0) is 0 Å². The Morgan fingerprint density at radius 1 is 0.352 bits per heavy atom. The Balaban J connectivity index is 0.982. The predicted octanol–water partition coefficient (Wildman–Crippen LogP) is 12.6. The van der Waals surface area contributed by atoms with Gasteiger partial charge < -0.3 is 9.30 Å². The molecule has 3 heterocycles. The average Bonchev–Trinajstić information content (AvgIpc) is 3.59. The second-order valence-electron chi connectivity index (χ2n) is 13.6. The molecule has 0 radical (unpaired) electrons. The van der Waals surface area contributed by atoms with Gasteiger partial charge in [-0.2, -0.15) is 0 Å². The fourth-order valence-electron chi connectivity index (χ4n) is 7.95. The molecule has 0 atom stereocenters. The van der Waals surface area contributed by atoms with Crippen LogP contribution in [0.3, 0.4) is 0 Å². The standard InChI is InChI=1S/C49H30N4O/c1-3-12-32(13-4-1)47-50-48(33-14-5-2-6-15-33)52-49(51-47)34-24-22-31(23-25-34)36-28-29-44-46-40(36)18-11-19-41(46)39-27-26-35(30-45(39)54-44)53-42-20-9-7-16-37(42)38-17-8-10-21-43(38)53/h1-30H. The first-order valence-corrected chi connectivity index (χ1v) is 18.1. The molecule has 0 aliphatic carbocycles. The second-order valence-corrected chi connectivity index (χ2v) is 13.6. The fraction of sp³-hybridized carbons (Fsp3) is 0. The van der Waals surface area contributed by atoms with Gasteiger partial charge in [0.2, 0.25) is 0 Å². The minimum Gasteiger partial charge on any atom is -0.456 e. The summed E-state index contributed by atoms with van der Waals surface area (Å²) in [6.07, 6.45) is 0. The Morgan fingerprint density at radius 2 is 0.870 bits per heavy atom. The molecule has 0 saturated heterocycles. The highest BCUT2D eigenvalue weighted by Gasteiger charge is 2.23. The molecule has 1 aliphatic heterocycles. The largest absolute Gasteiger partial charge is 0.456 e. The molecule has 11 rings (SSSR count). The molecule has 5 nitrogen and oxygen atoms in total. The van der Waals surface area contributed by atoms with Gasteiger partial charge in [-0.1, -0.05) is 146 Å². The van der Waals surface area contributed by atoms with Crippen LogP contribution >= 0.6 is 0 Å². The van der Waals surface area contributed by atoms with E-state index in [0.29, 0.717) is 17.5 Å². The molecule has 0 amide bonds. The van der Waals surface area contributed by atoms with E-state index in [9.17, 15) is 0 Å². The van der Waals surface area contributed by atoms with Gasteiger partial charge in [-0.15, -0.1) is 0 Å². The molecular weight excluding hydrogens is 661 g/mol. The first-order chi connectivity index (χ1) is 26.8. The summed E-state index contributed by atoms with van der Waals surface area (Å²) >= 11 is 0. The maximum atomic E-state index is 6.74. The summed E-state index contributed by atoms with van der Waals surface area (Å²) in [5, 5.41) is 4.75. The molecule has 2 aromatic heterocycles. The minimum absolute atomic E-state index is 0.636. The summed E-state index contributed by atoms with van der Waals surface area (Å²) < 4.78 is 9.07. The zero-order chi connectivity index (χ0) is 35.6. The molecule has 0 bridgehead atoms. The van der Waals surface area contributed by atoms with E-state index in [4.69, 9.17) is 19.7 Å². The lowest BCUT2D eigenvalue weighted by Crippen LogP contribution is -2.01. The van der Waals surface area contributed by atoms with Crippen LogP contribution in [0.4, 0.5) is 0 Å². The van der Waals surface area contributed by atoms with Gasteiger partial charge in [-0.25, -0.2) is 15.0 Å². The van der Waals surface area contributed by atoms with Gasteiger partial charge in [-0.3, -0.25) is 0 Å². The minimum atomic E-state index is 0.636. The van der Waals surface area contributed by atoms with Crippen LogP contribution in [0.25, 0.3) is 94.7 Å². The van der Waals surface area contributed by atoms with Gasteiger partial charge in [-0.05, 0) is 52.4 Å². The normalized spacial score (nSPS) is 11.9. The number of nitrogens with zero attached hydrogens (tertiary/aromatic N) is 4. The molecule has 0 unspecified atom stereocenters. The van der Waals surface area contributed by atoms with Gasteiger partial charge in [0.15, 0.2) is 17.5 Å². The highest BCUT2D eigenvalue weighted by Crippen LogP contribution is 2.49. The number of rotatable bonds is 5. The lowest BCUT2D eigenvalue weighted by atomic mass is 9.90. The molecule has 0 N–H and O–H groups in total. The number of hydrogen-bond donors (Lipinski definition) is 0. The third-order valence-corrected chi connectivity index (χ3v) is 10.5. The number of hydrogen-bond acceptors (Lipinski definition) is 4. The van der Waals surface area contributed by atoms with Crippen molar-refractivity contribution in [3.8, 4) is 73.6 Å². The van der Waals surface area contributed by atoms with Crippen LogP contribution in [0.1, 0.15) is 0 Å². The van der Waals surface area contributed by atoms with Crippen molar-refractivity contribution >= 4 is 32.6 Å². The van der Waals surface area contributed by atoms with E-state index in [-0.39, 0.29) is 0 Å².